The lowest BCUT2D eigenvalue weighted by atomic mass is 10.1. The lowest BCUT2D eigenvalue weighted by Gasteiger charge is -2.13. The number of halogens is 1. The van der Waals surface area contributed by atoms with Gasteiger partial charge in [0.1, 0.15) is 0 Å². The summed E-state index contributed by atoms with van der Waals surface area (Å²) in [5, 5.41) is 3.49. The van der Waals surface area contributed by atoms with Crippen LogP contribution in [0.3, 0.4) is 0 Å². The molecule has 1 unspecified atom stereocenters. The second-order valence-electron chi connectivity index (χ2n) is 4.05. The second kappa shape index (κ2) is 7.96. The minimum absolute atomic E-state index is 0.431. The summed E-state index contributed by atoms with van der Waals surface area (Å²) in [6, 6.07) is 9.19. The summed E-state index contributed by atoms with van der Waals surface area (Å²) in [4.78, 5) is 1.29. The van der Waals surface area contributed by atoms with Gasteiger partial charge in [-0.15, -0.1) is 11.8 Å². The Hall–Kier alpha value is -0.250. The van der Waals surface area contributed by atoms with Crippen LogP contribution in [0.1, 0.15) is 31.9 Å². The van der Waals surface area contributed by atoms with Gasteiger partial charge in [0.05, 0.1) is 0 Å². The Kier molecular flexibility index (Phi) is 6.93. The van der Waals surface area contributed by atoms with Gasteiger partial charge in [-0.3, -0.25) is 0 Å². The number of rotatable bonds is 7. The van der Waals surface area contributed by atoms with Gasteiger partial charge in [-0.05, 0) is 42.1 Å². The highest BCUT2D eigenvalue weighted by molar-refractivity contribution is 9.11. The van der Waals surface area contributed by atoms with E-state index in [1.54, 1.807) is 11.8 Å². The second-order valence-corrected chi connectivity index (χ2v) is 6.22. The molecule has 0 bridgehead atoms. The van der Waals surface area contributed by atoms with Gasteiger partial charge in [0.2, 0.25) is 0 Å². The smallest absolute Gasteiger partial charge is 0.0292 e. The first-order chi connectivity index (χ1) is 8.13. The van der Waals surface area contributed by atoms with Crippen molar-refractivity contribution in [1.82, 2.24) is 5.32 Å². The monoisotopic (exact) mass is 313 g/mol. The third kappa shape index (κ3) is 5.75. The van der Waals surface area contributed by atoms with E-state index >= 15 is 0 Å². The van der Waals surface area contributed by atoms with Crippen LogP contribution >= 0.6 is 27.7 Å². The summed E-state index contributed by atoms with van der Waals surface area (Å²) in [5.41, 5.74) is 1.35. The SMILES string of the molecule is C=C(Br)CSc1ccc(C(C)NCCC)cc1. The normalized spacial score (nSPS) is 12.4. The molecule has 1 atom stereocenters. The minimum Gasteiger partial charge on any atom is -0.310 e. The van der Waals surface area contributed by atoms with Crippen molar-refractivity contribution >= 4 is 27.7 Å². The highest BCUT2D eigenvalue weighted by Crippen LogP contribution is 2.23. The Morgan fingerprint density at radius 2 is 2.06 bits per heavy atom. The summed E-state index contributed by atoms with van der Waals surface area (Å²) in [6.07, 6.45) is 1.17. The van der Waals surface area contributed by atoms with Crippen molar-refractivity contribution in [1.29, 1.82) is 0 Å². The lowest BCUT2D eigenvalue weighted by Crippen LogP contribution is -2.19. The molecule has 0 amide bonds. The zero-order valence-corrected chi connectivity index (χ0v) is 12.9. The molecular weight excluding hydrogens is 294 g/mol. The fourth-order valence-electron chi connectivity index (χ4n) is 1.49. The summed E-state index contributed by atoms with van der Waals surface area (Å²) in [5.74, 6) is 0.920. The van der Waals surface area contributed by atoms with Crippen molar-refractivity contribution in [2.75, 3.05) is 12.3 Å². The maximum absolute atomic E-state index is 3.84. The Balaban J connectivity index is 2.51. The van der Waals surface area contributed by atoms with Crippen molar-refractivity contribution in [3.8, 4) is 0 Å². The molecule has 0 saturated heterocycles. The van der Waals surface area contributed by atoms with Crippen molar-refractivity contribution in [3.63, 3.8) is 0 Å². The molecule has 0 aliphatic rings. The number of nitrogens with one attached hydrogen (secondary N) is 1. The summed E-state index contributed by atoms with van der Waals surface area (Å²) < 4.78 is 1.03. The molecule has 0 aliphatic carbocycles. The van der Waals surface area contributed by atoms with Crippen LogP contribution in [0.25, 0.3) is 0 Å². The standard InChI is InChI=1S/C14H20BrNS/c1-4-9-16-12(3)13-5-7-14(8-6-13)17-10-11(2)15/h5-8,12,16H,2,4,9-10H2,1,3H3. The van der Waals surface area contributed by atoms with Gasteiger partial charge in [0, 0.05) is 16.7 Å². The van der Waals surface area contributed by atoms with Crippen molar-refractivity contribution in [3.05, 3.63) is 40.9 Å². The first-order valence-electron chi connectivity index (χ1n) is 5.93. The maximum Gasteiger partial charge on any atom is 0.0292 e. The average molecular weight is 314 g/mol. The van der Waals surface area contributed by atoms with E-state index in [-0.39, 0.29) is 0 Å². The molecule has 1 nitrogen and oxygen atoms in total. The number of hydrogen-bond donors (Lipinski definition) is 1. The lowest BCUT2D eigenvalue weighted by molar-refractivity contribution is 0.570. The summed E-state index contributed by atoms with van der Waals surface area (Å²) in [7, 11) is 0. The van der Waals surface area contributed by atoms with Crippen molar-refractivity contribution < 1.29 is 0 Å². The van der Waals surface area contributed by atoms with E-state index in [1.807, 2.05) is 0 Å². The minimum atomic E-state index is 0.431. The average Bonchev–Trinajstić information content (AvgIpc) is 2.34. The predicted octanol–water partition coefficient (Wildman–Crippen LogP) is 4.75. The van der Waals surface area contributed by atoms with E-state index in [1.165, 1.54) is 16.9 Å². The highest BCUT2D eigenvalue weighted by atomic mass is 79.9. The molecular formula is C14H20BrNS. The van der Waals surface area contributed by atoms with Crippen LogP contribution in [-0.2, 0) is 0 Å². The number of hydrogen-bond acceptors (Lipinski definition) is 2. The molecule has 1 aromatic rings. The fourth-order valence-corrected chi connectivity index (χ4v) is 2.49. The van der Waals surface area contributed by atoms with Crippen LogP contribution in [-0.4, -0.2) is 12.3 Å². The van der Waals surface area contributed by atoms with Gasteiger partial charge in [-0.2, -0.15) is 0 Å². The largest absolute Gasteiger partial charge is 0.310 e. The Morgan fingerprint density at radius 3 is 2.59 bits per heavy atom. The molecule has 0 saturated carbocycles. The molecule has 94 valence electrons. The fraction of sp³-hybridized carbons (Fsp3) is 0.429. The molecule has 0 spiro atoms. The predicted molar refractivity (Wildman–Crippen MR) is 81.9 cm³/mol. The quantitative estimate of drug-likeness (QED) is 0.729. The van der Waals surface area contributed by atoms with Crippen LogP contribution in [0.4, 0.5) is 0 Å². The van der Waals surface area contributed by atoms with Crippen molar-refractivity contribution in [2.24, 2.45) is 0 Å². The molecule has 0 fully saturated rings. The molecule has 0 aromatic heterocycles. The molecule has 1 aromatic carbocycles. The van der Waals surface area contributed by atoms with Crippen LogP contribution in [0, 0.1) is 0 Å². The van der Waals surface area contributed by atoms with Gasteiger partial charge in [0.15, 0.2) is 0 Å². The van der Waals surface area contributed by atoms with Gasteiger partial charge in [-0.1, -0.05) is 41.6 Å². The van der Waals surface area contributed by atoms with E-state index < -0.39 is 0 Å². The summed E-state index contributed by atoms with van der Waals surface area (Å²) in [6.45, 7) is 9.30. The molecule has 0 radical (unpaired) electrons. The highest BCUT2D eigenvalue weighted by Gasteiger charge is 2.03. The molecule has 0 heterocycles. The van der Waals surface area contributed by atoms with E-state index in [0.29, 0.717) is 6.04 Å². The van der Waals surface area contributed by atoms with E-state index in [9.17, 15) is 0 Å². The van der Waals surface area contributed by atoms with Crippen LogP contribution < -0.4 is 5.32 Å². The summed E-state index contributed by atoms with van der Waals surface area (Å²) >= 11 is 5.17. The van der Waals surface area contributed by atoms with E-state index in [4.69, 9.17) is 0 Å². The topological polar surface area (TPSA) is 12.0 Å². The van der Waals surface area contributed by atoms with Gasteiger partial charge >= 0.3 is 0 Å². The maximum atomic E-state index is 3.84. The third-order valence-corrected chi connectivity index (χ3v) is 4.23. The van der Waals surface area contributed by atoms with Crippen molar-refractivity contribution in [2.45, 2.75) is 31.2 Å². The molecule has 17 heavy (non-hydrogen) atoms. The molecule has 3 heteroatoms. The number of benzene rings is 1. The molecule has 0 aliphatic heterocycles. The van der Waals surface area contributed by atoms with E-state index in [0.717, 1.165) is 16.8 Å². The zero-order chi connectivity index (χ0) is 12.7. The zero-order valence-electron chi connectivity index (χ0n) is 10.5. The molecule has 1 N–H and O–H groups in total. The first kappa shape index (κ1) is 14.8. The van der Waals surface area contributed by atoms with Crippen LogP contribution in [0.5, 0.6) is 0 Å². The van der Waals surface area contributed by atoms with Crippen LogP contribution in [0.2, 0.25) is 0 Å². The number of thioether (sulfide) groups is 1. The molecule has 1 rings (SSSR count). The van der Waals surface area contributed by atoms with Gasteiger partial charge < -0.3 is 5.32 Å². The first-order valence-corrected chi connectivity index (χ1v) is 7.70. The Labute approximate surface area is 117 Å². The van der Waals surface area contributed by atoms with E-state index in [2.05, 4.69) is 65.9 Å². The van der Waals surface area contributed by atoms with Gasteiger partial charge in [0.25, 0.3) is 0 Å². The third-order valence-electron chi connectivity index (χ3n) is 2.48. The Bertz CT molecular complexity index is 348. The Morgan fingerprint density at radius 1 is 1.41 bits per heavy atom. The van der Waals surface area contributed by atoms with Crippen LogP contribution in [0.15, 0.2) is 40.2 Å². The van der Waals surface area contributed by atoms with Gasteiger partial charge in [-0.25, -0.2) is 0 Å².